The van der Waals surface area contributed by atoms with Gasteiger partial charge in [-0.2, -0.15) is 0 Å². The number of nitrogen functional groups attached to an aromatic ring is 1. The number of benzene rings is 1. The van der Waals surface area contributed by atoms with Crippen LogP contribution in [0.2, 0.25) is 0 Å². The maximum Gasteiger partial charge on any atom is 0.114 e. The van der Waals surface area contributed by atoms with Crippen molar-refractivity contribution in [1.82, 2.24) is 0 Å². The Morgan fingerprint density at radius 3 is 2.75 bits per heavy atom. The molecule has 4 heteroatoms. The summed E-state index contributed by atoms with van der Waals surface area (Å²) in [6.45, 7) is 1.96. The Hall–Kier alpha value is -1.03. The lowest BCUT2D eigenvalue weighted by molar-refractivity contribution is 0.690. The first-order chi connectivity index (χ1) is 5.59. The van der Waals surface area contributed by atoms with Gasteiger partial charge in [0.25, 0.3) is 0 Å². The summed E-state index contributed by atoms with van der Waals surface area (Å²) in [7, 11) is -1.07. The van der Waals surface area contributed by atoms with Gasteiger partial charge in [0.1, 0.15) is 11.0 Å². The molecule has 66 valence electrons. The quantitative estimate of drug-likeness (QED) is 0.680. The van der Waals surface area contributed by atoms with Gasteiger partial charge >= 0.3 is 0 Å². The van der Waals surface area contributed by atoms with Crippen molar-refractivity contribution in [3.8, 4) is 0 Å². The molecule has 0 saturated heterocycles. The molecule has 0 aliphatic rings. The Kier molecular flexibility index (Phi) is 2.70. The van der Waals surface area contributed by atoms with E-state index in [1.165, 1.54) is 0 Å². The molecule has 0 spiro atoms. The zero-order chi connectivity index (χ0) is 9.14. The van der Waals surface area contributed by atoms with Gasteiger partial charge in [-0.15, -0.1) is 0 Å². The second-order valence-corrected chi connectivity index (χ2v) is 3.76. The van der Waals surface area contributed by atoms with Crippen LogP contribution in [0.4, 0.5) is 11.4 Å². The van der Waals surface area contributed by atoms with Gasteiger partial charge in [-0.3, -0.25) is 0 Å². The number of anilines is 2. The minimum atomic E-state index is -1.07. The summed E-state index contributed by atoms with van der Waals surface area (Å²) in [4.78, 5) is 0. The van der Waals surface area contributed by atoms with Gasteiger partial charge in [-0.1, -0.05) is 6.07 Å². The van der Waals surface area contributed by atoms with Crippen LogP contribution in [0.3, 0.4) is 0 Å². The average Bonchev–Trinajstić information content (AvgIpc) is 1.96. The van der Waals surface area contributed by atoms with Crippen molar-refractivity contribution in [3.63, 3.8) is 0 Å². The molecule has 12 heavy (non-hydrogen) atoms. The average molecular weight is 184 g/mol. The maximum atomic E-state index is 10.8. The molecule has 1 unspecified atom stereocenters. The fourth-order valence-corrected chi connectivity index (χ4v) is 1.40. The van der Waals surface area contributed by atoms with Crippen LogP contribution in [0.1, 0.15) is 5.56 Å². The summed E-state index contributed by atoms with van der Waals surface area (Å²) in [5, 5.41) is 0. The van der Waals surface area contributed by atoms with Crippen molar-refractivity contribution >= 4 is 22.4 Å². The summed E-state index contributed by atoms with van der Waals surface area (Å²) in [5.74, 6) is 0. The molecular weight excluding hydrogens is 172 g/mol. The Morgan fingerprint density at radius 1 is 1.50 bits per heavy atom. The SMILES string of the molecule is Cc1ccc(N)c(NS(C)=O)c1. The van der Waals surface area contributed by atoms with Gasteiger partial charge in [-0.25, -0.2) is 4.21 Å². The van der Waals surface area contributed by atoms with Gasteiger partial charge in [-0.05, 0) is 24.6 Å². The normalized spacial score (nSPS) is 12.5. The molecular formula is C8H12N2OS. The van der Waals surface area contributed by atoms with E-state index in [1.807, 2.05) is 19.1 Å². The molecule has 1 aromatic rings. The van der Waals surface area contributed by atoms with E-state index < -0.39 is 11.0 Å². The fraction of sp³-hybridized carbons (Fsp3) is 0.250. The van der Waals surface area contributed by atoms with Gasteiger partial charge in [0.15, 0.2) is 0 Å². The van der Waals surface area contributed by atoms with Crippen LogP contribution < -0.4 is 10.5 Å². The lowest BCUT2D eigenvalue weighted by atomic mass is 10.2. The predicted molar refractivity (Wildman–Crippen MR) is 53.3 cm³/mol. The second-order valence-electron chi connectivity index (χ2n) is 2.65. The van der Waals surface area contributed by atoms with E-state index in [0.29, 0.717) is 5.69 Å². The molecule has 0 bridgehead atoms. The van der Waals surface area contributed by atoms with Gasteiger partial charge in [0.05, 0.1) is 11.4 Å². The van der Waals surface area contributed by atoms with E-state index in [9.17, 15) is 4.21 Å². The van der Waals surface area contributed by atoms with Crippen molar-refractivity contribution < 1.29 is 4.21 Å². The smallest absolute Gasteiger partial charge is 0.114 e. The molecule has 1 atom stereocenters. The molecule has 0 aliphatic carbocycles. The van der Waals surface area contributed by atoms with Crippen LogP contribution in [0.15, 0.2) is 18.2 Å². The molecule has 0 amide bonds. The fourth-order valence-electron chi connectivity index (χ4n) is 0.913. The molecule has 3 nitrogen and oxygen atoms in total. The summed E-state index contributed by atoms with van der Waals surface area (Å²) >= 11 is 0. The van der Waals surface area contributed by atoms with Crippen LogP contribution in [-0.4, -0.2) is 10.5 Å². The monoisotopic (exact) mass is 184 g/mol. The molecule has 0 aliphatic heterocycles. The third-order valence-electron chi connectivity index (χ3n) is 1.46. The standard InChI is InChI=1S/C8H12N2OS/c1-6-3-4-7(9)8(5-6)10-12(2)11/h3-5,10H,9H2,1-2H3. The first-order valence-corrected chi connectivity index (χ1v) is 5.11. The topological polar surface area (TPSA) is 55.1 Å². The van der Waals surface area contributed by atoms with Crippen molar-refractivity contribution in [2.24, 2.45) is 0 Å². The van der Waals surface area contributed by atoms with Gasteiger partial charge in [0.2, 0.25) is 0 Å². The third-order valence-corrected chi connectivity index (χ3v) is 1.97. The van der Waals surface area contributed by atoms with Crippen LogP contribution in [0, 0.1) is 6.92 Å². The van der Waals surface area contributed by atoms with Crippen LogP contribution in [-0.2, 0) is 11.0 Å². The van der Waals surface area contributed by atoms with Gasteiger partial charge < -0.3 is 10.5 Å². The van der Waals surface area contributed by atoms with Crippen LogP contribution >= 0.6 is 0 Å². The Labute approximate surface area is 74.6 Å². The summed E-state index contributed by atoms with van der Waals surface area (Å²) in [6, 6.07) is 5.58. The number of rotatable bonds is 2. The van der Waals surface area contributed by atoms with E-state index in [0.717, 1.165) is 11.3 Å². The third kappa shape index (κ3) is 2.23. The Balaban J connectivity index is 2.97. The highest BCUT2D eigenvalue weighted by atomic mass is 32.2. The summed E-state index contributed by atoms with van der Waals surface area (Å²) in [5.41, 5.74) is 8.09. The molecule has 3 N–H and O–H groups in total. The number of nitrogens with two attached hydrogens (primary N) is 1. The summed E-state index contributed by atoms with van der Waals surface area (Å²) < 4.78 is 13.6. The molecule has 0 saturated carbocycles. The lowest BCUT2D eigenvalue weighted by Gasteiger charge is -2.06. The van der Waals surface area contributed by atoms with E-state index in [-0.39, 0.29) is 0 Å². The van der Waals surface area contributed by atoms with E-state index in [4.69, 9.17) is 5.73 Å². The Morgan fingerprint density at radius 2 is 2.17 bits per heavy atom. The zero-order valence-electron chi connectivity index (χ0n) is 7.13. The first-order valence-electron chi connectivity index (χ1n) is 3.56. The zero-order valence-corrected chi connectivity index (χ0v) is 7.94. The summed E-state index contributed by atoms with van der Waals surface area (Å²) in [6.07, 6.45) is 1.57. The highest BCUT2D eigenvalue weighted by molar-refractivity contribution is 7.85. The minimum absolute atomic E-state index is 0.621. The van der Waals surface area contributed by atoms with Gasteiger partial charge in [0, 0.05) is 6.26 Å². The molecule has 1 aromatic carbocycles. The molecule has 1 rings (SSSR count). The highest BCUT2D eigenvalue weighted by Crippen LogP contribution is 2.19. The van der Waals surface area contributed by atoms with E-state index in [1.54, 1.807) is 12.3 Å². The largest absolute Gasteiger partial charge is 0.397 e. The lowest BCUT2D eigenvalue weighted by Crippen LogP contribution is -2.04. The van der Waals surface area contributed by atoms with E-state index >= 15 is 0 Å². The number of aryl methyl sites for hydroxylation is 1. The first kappa shape index (κ1) is 9.06. The van der Waals surface area contributed by atoms with Crippen LogP contribution in [0.25, 0.3) is 0 Å². The predicted octanol–water partition coefficient (Wildman–Crippen LogP) is 1.28. The van der Waals surface area contributed by atoms with Crippen molar-refractivity contribution in [2.45, 2.75) is 6.92 Å². The number of hydrogen-bond donors (Lipinski definition) is 2. The van der Waals surface area contributed by atoms with E-state index in [2.05, 4.69) is 4.72 Å². The minimum Gasteiger partial charge on any atom is -0.397 e. The molecule has 0 fully saturated rings. The van der Waals surface area contributed by atoms with Crippen molar-refractivity contribution in [3.05, 3.63) is 23.8 Å². The number of hydrogen-bond acceptors (Lipinski definition) is 2. The molecule has 0 radical (unpaired) electrons. The second kappa shape index (κ2) is 3.58. The van der Waals surface area contributed by atoms with Crippen molar-refractivity contribution in [2.75, 3.05) is 16.7 Å². The molecule has 0 heterocycles. The number of nitrogens with one attached hydrogen (secondary N) is 1. The maximum absolute atomic E-state index is 10.8. The van der Waals surface area contributed by atoms with Crippen LogP contribution in [0.5, 0.6) is 0 Å². The Bertz CT molecular complexity index is 312. The molecule has 0 aromatic heterocycles. The van der Waals surface area contributed by atoms with Crippen molar-refractivity contribution in [1.29, 1.82) is 0 Å². The highest BCUT2D eigenvalue weighted by Gasteiger charge is 1.98.